The minimum Gasteiger partial charge on any atom is -0.507 e. The summed E-state index contributed by atoms with van der Waals surface area (Å²) in [6.07, 6.45) is 2.63. The topological polar surface area (TPSA) is 119 Å². The molecular formula is C51H55BrN2O6Si. The van der Waals surface area contributed by atoms with Crippen molar-refractivity contribution in [3.05, 3.63) is 160 Å². The van der Waals surface area contributed by atoms with Gasteiger partial charge < -0.3 is 25.1 Å². The average molecular weight is 900 g/mol. The highest BCUT2D eigenvalue weighted by atomic mass is 79.9. The molecule has 0 saturated carbocycles. The van der Waals surface area contributed by atoms with E-state index in [1.165, 1.54) is 4.90 Å². The quantitative estimate of drug-likeness (QED) is 0.0470. The van der Waals surface area contributed by atoms with E-state index in [1.54, 1.807) is 24.3 Å². The Morgan fingerprint density at radius 2 is 1.46 bits per heavy atom. The first kappa shape index (κ1) is 44.0. The number of amides is 2. The second kappa shape index (κ2) is 18.9. The van der Waals surface area contributed by atoms with Gasteiger partial charge >= 0.3 is 0 Å². The number of aliphatic hydroxyl groups excluding tert-OH is 2. The summed E-state index contributed by atoms with van der Waals surface area (Å²) in [4.78, 5) is 30.4. The van der Waals surface area contributed by atoms with E-state index in [4.69, 9.17) is 4.43 Å². The van der Waals surface area contributed by atoms with E-state index in [0.717, 1.165) is 37.4 Å². The number of phenols is 1. The van der Waals surface area contributed by atoms with Gasteiger partial charge in [-0.15, -0.1) is 0 Å². The van der Waals surface area contributed by atoms with Crippen LogP contribution in [0.2, 0.25) is 5.04 Å². The third-order valence-corrected chi connectivity index (χ3v) is 17.8. The molecule has 0 unspecified atom stereocenters. The van der Waals surface area contributed by atoms with Crippen molar-refractivity contribution in [1.29, 1.82) is 0 Å². The van der Waals surface area contributed by atoms with Crippen LogP contribution in [0, 0.1) is 17.8 Å². The highest BCUT2D eigenvalue weighted by Gasteiger charge is 2.56. The van der Waals surface area contributed by atoms with Crippen LogP contribution in [0.5, 0.6) is 5.75 Å². The first-order valence-corrected chi connectivity index (χ1v) is 23.8. The number of rotatable bonds is 15. The number of aliphatic hydroxyl groups is 2. The number of imide groups is 1. The maximum Gasteiger partial charge on any atom is 0.261 e. The molecule has 5 aromatic rings. The van der Waals surface area contributed by atoms with Crippen LogP contribution in [0.3, 0.4) is 0 Å². The van der Waals surface area contributed by atoms with Crippen molar-refractivity contribution >= 4 is 69.6 Å². The summed E-state index contributed by atoms with van der Waals surface area (Å²) in [5.74, 6) is -2.95. The number of nitrogens with zero attached hydrogens (tertiary/aromatic N) is 1. The maximum atomic E-state index is 14.6. The Morgan fingerprint density at radius 3 is 2.03 bits per heavy atom. The molecule has 0 spiro atoms. The molecule has 0 bridgehead atoms. The molecule has 1 aliphatic carbocycles. The summed E-state index contributed by atoms with van der Waals surface area (Å²) < 4.78 is 8.28. The normalized spacial score (nSPS) is 19.0. The van der Waals surface area contributed by atoms with E-state index in [-0.39, 0.29) is 35.6 Å². The largest absolute Gasteiger partial charge is 0.507 e. The molecule has 61 heavy (non-hydrogen) atoms. The summed E-state index contributed by atoms with van der Waals surface area (Å²) >= 11 is 3.50. The number of hydrogen-bond acceptors (Lipinski definition) is 7. The van der Waals surface area contributed by atoms with Gasteiger partial charge in [-0.3, -0.25) is 14.5 Å². The Bertz CT molecular complexity index is 2340. The summed E-state index contributed by atoms with van der Waals surface area (Å²) in [5, 5.41) is 39.5. The summed E-state index contributed by atoms with van der Waals surface area (Å²) in [6.45, 7) is 8.34. The zero-order chi connectivity index (χ0) is 43.3. The number of para-hydroxylation sites is 1. The molecule has 10 heteroatoms. The molecule has 1 fully saturated rings. The SMILES string of the molecule is CC/C(=C\c1cc(Br)ccc1O)CC[C@@H](O)C1=C(CO[Si](c2ccccc2)(c2ccccc2)C(C)(C)C)C[C@H]2C(=O)N(c3ccc(Nc4ccccc4)cc3)C(=O)[C@H]2[C@H]1CO. The number of allylic oxidation sites excluding steroid dienone is 1. The Morgan fingerprint density at radius 1 is 0.869 bits per heavy atom. The summed E-state index contributed by atoms with van der Waals surface area (Å²) in [5.41, 5.74) is 5.21. The lowest BCUT2D eigenvalue weighted by molar-refractivity contribution is -0.123. The van der Waals surface area contributed by atoms with Crippen molar-refractivity contribution in [2.45, 2.75) is 64.5 Å². The van der Waals surface area contributed by atoms with Crippen LogP contribution in [0.1, 0.15) is 58.9 Å². The predicted molar refractivity (Wildman–Crippen MR) is 251 cm³/mol. The van der Waals surface area contributed by atoms with Crippen molar-refractivity contribution in [2.75, 3.05) is 23.4 Å². The van der Waals surface area contributed by atoms with Gasteiger partial charge in [-0.2, -0.15) is 0 Å². The van der Waals surface area contributed by atoms with Gasteiger partial charge in [-0.25, -0.2) is 0 Å². The number of anilines is 3. The van der Waals surface area contributed by atoms with Gasteiger partial charge in [0.15, 0.2) is 0 Å². The lowest BCUT2D eigenvalue weighted by atomic mass is 9.68. The average Bonchev–Trinajstić information content (AvgIpc) is 3.51. The smallest absolute Gasteiger partial charge is 0.261 e. The minimum absolute atomic E-state index is 0.114. The third kappa shape index (κ3) is 9.10. The zero-order valence-electron chi connectivity index (χ0n) is 35.2. The van der Waals surface area contributed by atoms with Crippen LogP contribution in [0.4, 0.5) is 17.1 Å². The Kier molecular flexibility index (Phi) is 13.6. The van der Waals surface area contributed by atoms with Crippen LogP contribution in [-0.4, -0.2) is 54.8 Å². The highest BCUT2D eigenvalue weighted by molar-refractivity contribution is 9.10. The van der Waals surface area contributed by atoms with Gasteiger partial charge in [-0.05, 0) is 107 Å². The van der Waals surface area contributed by atoms with Crippen molar-refractivity contribution in [2.24, 2.45) is 17.8 Å². The van der Waals surface area contributed by atoms with Gasteiger partial charge in [-0.1, -0.05) is 134 Å². The maximum absolute atomic E-state index is 14.6. The van der Waals surface area contributed by atoms with Crippen molar-refractivity contribution in [3.63, 3.8) is 0 Å². The second-order valence-electron chi connectivity index (χ2n) is 17.1. The summed E-state index contributed by atoms with van der Waals surface area (Å²) in [6, 6.07) is 42.9. The van der Waals surface area contributed by atoms with E-state index in [9.17, 15) is 24.9 Å². The lowest BCUT2D eigenvalue weighted by Gasteiger charge is -2.44. The van der Waals surface area contributed by atoms with E-state index < -0.39 is 38.8 Å². The van der Waals surface area contributed by atoms with Gasteiger partial charge in [0, 0.05) is 27.3 Å². The molecular weight excluding hydrogens is 845 g/mol. The van der Waals surface area contributed by atoms with Crippen LogP contribution >= 0.6 is 15.9 Å². The predicted octanol–water partition coefficient (Wildman–Crippen LogP) is 9.52. The molecule has 0 radical (unpaired) electrons. The minimum atomic E-state index is -3.07. The first-order chi connectivity index (χ1) is 29.4. The Labute approximate surface area is 368 Å². The van der Waals surface area contributed by atoms with Crippen molar-refractivity contribution in [1.82, 2.24) is 0 Å². The molecule has 316 valence electrons. The number of nitrogens with one attached hydrogen (secondary N) is 1. The third-order valence-electron chi connectivity index (χ3n) is 12.3. The number of fused-ring (bicyclic) bond motifs is 1. The molecule has 1 saturated heterocycles. The zero-order valence-corrected chi connectivity index (χ0v) is 37.8. The van der Waals surface area contributed by atoms with Gasteiger partial charge in [0.05, 0.1) is 36.8 Å². The number of aromatic hydroxyl groups is 1. The molecule has 4 N–H and O–H groups in total. The number of carbonyl (C=O) groups is 2. The van der Waals surface area contributed by atoms with Crippen LogP contribution in [0.15, 0.2) is 155 Å². The molecule has 1 aliphatic heterocycles. The van der Waals surface area contributed by atoms with Crippen LogP contribution in [-0.2, 0) is 14.0 Å². The van der Waals surface area contributed by atoms with Crippen LogP contribution in [0.25, 0.3) is 6.08 Å². The fourth-order valence-electron chi connectivity index (χ4n) is 9.37. The highest BCUT2D eigenvalue weighted by Crippen LogP contribution is 2.48. The first-order valence-electron chi connectivity index (χ1n) is 21.1. The fraction of sp³-hybridized carbons (Fsp3) is 0.294. The Balaban J connectivity index is 1.26. The Hall–Kier alpha value is -5.10. The van der Waals surface area contributed by atoms with Crippen LogP contribution < -0.4 is 20.6 Å². The molecule has 2 aliphatic rings. The van der Waals surface area contributed by atoms with Gasteiger partial charge in [0.1, 0.15) is 5.75 Å². The standard InChI is InChI=1S/C51H55BrN2O6Si/c1-5-34(29-35-30-37(52)22-28-45(35)56)21-27-46(57)47-36(33-60-61(51(2,3)4,41-17-11-7-12-18-41)42-19-13-8-14-20-42)31-43-48(44(47)32-55)50(59)54(49(43)58)40-25-23-39(24-26-40)53-38-15-9-6-10-16-38/h6-20,22-26,28-30,43-44,46,48,53,55-57H,5,21,27,31-33H2,1-4H3/b34-29+/t43-,44+,46-,48-/m1/s1. The molecule has 8 nitrogen and oxygen atoms in total. The summed E-state index contributed by atoms with van der Waals surface area (Å²) in [7, 11) is -3.07. The fourth-order valence-corrected chi connectivity index (χ4v) is 14.3. The lowest BCUT2D eigenvalue weighted by Crippen LogP contribution is -2.66. The van der Waals surface area contributed by atoms with E-state index in [1.807, 2.05) is 97.9 Å². The van der Waals surface area contributed by atoms with E-state index >= 15 is 0 Å². The van der Waals surface area contributed by atoms with Crippen molar-refractivity contribution < 1.29 is 29.3 Å². The molecule has 4 atom stereocenters. The van der Waals surface area contributed by atoms with Crippen molar-refractivity contribution in [3.8, 4) is 5.75 Å². The number of halogens is 1. The number of carbonyl (C=O) groups excluding carboxylic acids is 2. The van der Waals surface area contributed by atoms with Gasteiger partial charge in [0.2, 0.25) is 11.8 Å². The molecule has 2 amide bonds. The van der Waals surface area contributed by atoms with E-state index in [0.29, 0.717) is 36.1 Å². The van der Waals surface area contributed by atoms with E-state index in [2.05, 4.69) is 66.3 Å². The number of phenolic OH excluding ortho intramolecular Hbond substituents is 1. The molecule has 5 aromatic carbocycles. The van der Waals surface area contributed by atoms with Gasteiger partial charge in [0.25, 0.3) is 8.32 Å². The monoisotopic (exact) mass is 898 g/mol. The molecule has 0 aromatic heterocycles. The molecule has 7 rings (SSSR count). The second-order valence-corrected chi connectivity index (χ2v) is 22.3. The number of benzene rings is 5. The number of hydrogen-bond donors (Lipinski definition) is 4. The molecule has 1 heterocycles.